The third-order valence-electron chi connectivity index (χ3n) is 6.54. The van der Waals surface area contributed by atoms with E-state index in [1.807, 2.05) is 33.3 Å². The zero-order valence-electron chi connectivity index (χ0n) is 19.9. The maximum atomic E-state index is 13.2. The number of carbonyl (C=O) groups excluding carboxylic acids is 1. The highest BCUT2D eigenvalue weighted by molar-refractivity contribution is 7.91. The van der Waals surface area contributed by atoms with E-state index in [4.69, 9.17) is 5.14 Å². The lowest BCUT2D eigenvalue weighted by molar-refractivity contribution is 0.260. The molecule has 0 radical (unpaired) electrons. The van der Waals surface area contributed by atoms with Gasteiger partial charge >= 0.3 is 6.03 Å². The fraction of sp³-hybridized carbons (Fsp3) is 0.480. The maximum Gasteiger partial charge on any atom is 0.354 e. The number of nitrogens with two attached hydrogens (primary N) is 1. The smallest absolute Gasteiger partial charge is 0.308 e. The number of aryl methyl sites for hydroxylation is 2. The number of benzene rings is 2. The number of hydrogen-bond acceptors (Lipinski definition) is 4. The molecule has 0 aromatic heterocycles. The van der Waals surface area contributed by atoms with Crippen LogP contribution in [0.2, 0.25) is 0 Å². The monoisotopic (exact) mass is 469 g/mol. The first-order chi connectivity index (χ1) is 15.7. The summed E-state index contributed by atoms with van der Waals surface area (Å²) in [5.41, 5.74) is 6.95. The molecule has 2 aromatic rings. The zero-order chi connectivity index (χ0) is 23.6. The van der Waals surface area contributed by atoms with Gasteiger partial charge in [-0.2, -0.15) is 0 Å². The molecule has 0 saturated carbocycles. The number of likely N-dealkylation sites (N-methyl/N-ethyl adjacent to an activating group) is 2. The summed E-state index contributed by atoms with van der Waals surface area (Å²) in [6, 6.07) is 8.95. The molecule has 0 spiro atoms. The van der Waals surface area contributed by atoms with Gasteiger partial charge in [-0.3, -0.25) is 0 Å². The van der Waals surface area contributed by atoms with Gasteiger partial charge in [0.15, 0.2) is 0 Å². The molecule has 1 atom stereocenters. The van der Waals surface area contributed by atoms with Gasteiger partial charge in [0.1, 0.15) is 9.92 Å². The van der Waals surface area contributed by atoms with Crippen LogP contribution in [0.4, 0.5) is 10.5 Å². The largest absolute Gasteiger partial charge is 0.354 e. The fourth-order valence-electron chi connectivity index (χ4n) is 4.86. The number of amides is 2. The molecule has 0 bridgehead atoms. The van der Waals surface area contributed by atoms with E-state index in [0.717, 1.165) is 62.9 Å². The van der Waals surface area contributed by atoms with E-state index in [-0.39, 0.29) is 0 Å². The second-order valence-electron chi connectivity index (χ2n) is 9.51. The minimum Gasteiger partial charge on any atom is -0.308 e. The van der Waals surface area contributed by atoms with Gasteiger partial charge in [0.05, 0.1) is 4.90 Å². The predicted molar refractivity (Wildman–Crippen MR) is 134 cm³/mol. The number of carbonyl (C=O) groups is 1. The normalized spacial score (nSPS) is 16.5. The first-order valence-corrected chi connectivity index (χ1v) is 13.3. The molecule has 2 amide bonds. The molecule has 2 aliphatic rings. The molecule has 0 fully saturated rings. The molecular weight excluding hydrogens is 434 g/mol. The van der Waals surface area contributed by atoms with Crippen LogP contribution < -0.4 is 10.5 Å². The lowest BCUT2D eigenvalue weighted by Crippen LogP contribution is -2.28. The van der Waals surface area contributed by atoms with Crippen molar-refractivity contribution < 1.29 is 9.00 Å². The van der Waals surface area contributed by atoms with Crippen LogP contribution in [-0.2, 0) is 42.1 Å². The summed E-state index contributed by atoms with van der Waals surface area (Å²) >= 11 is 0. The molecule has 3 N–H and O–H groups in total. The number of rotatable bonds is 7. The van der Waals surface area contributed by atoms with E-state index in [2.05, 4.69) is 25.5 Å². The van der Waals surface area contributed by atoms with Crippen molar-refractivity contribution >= 4 is 21.6 Å². The minimum absolute atomic E-state index is 0.375. The van der Waals surface area contributed by atoms with Crippen molar-refractivity contribution in [2.45, 2.75) is 50.0 Å². The summed E-state index contributed by atoms with van der Waals surface area (Å²) in [5, 5.41) is 9.06. The van der Waals surface area contributed by atoms with Gasteiger partial charge in [-0.05, 0) is 99.6 Å². The SMILES string of the molecule is CN(C)CCN(C)Cc1cccc(S(N)(=O)=NC(=O)Nc2c3c(cc4c2CCC4)CCC3)c1. The van der Waals surface area contributed by atoms with Gasteiger partial charge in [-0.15, -0.1) is 4.36 Å². The summed E-state index contributed by atoms with van der Waals surface area (Å²) in [6.45, 7) is 2.56. The Hall–Kier alpha value is -2.26. The van der Waals surface area contributed by atoms with E-state index < -0.39 is 15.9 Å². The van der Waals surface area contributed by atoms with Crippen LogP contribution in [0.1, 0.15) is 40.7 Å². The Kier molecular flexibility index (Phi) is 7.19. The number of anilines is 1. The third-order valence-corrected chi connectivity index (χ3v) is 7.91. The molecule has 2 aliphatic carbocycles. The topological polar surface area (TPSA) is 91.0 Å². The molecule has 33 heavy (non-hydrogen) atoms. The average Bonchev–Trinajstić information content (AvgIpc) is 3.41. The summed E-state index contributed by atoms with van der Waals surface area (Å²) in [6.07, 6.45) is 6.21. The average molecular weight is 470 g/mol. The van der Waals surface area contributed by atoms with Crippen molar-refractivity contribution in [2.75, 3.05) is 39.5 Å². The van der Waals surface area contributed by atoms with E-state index in [1.54, 1.807) is 12.1 Å². The molecule has 178 valence electrons. The van der Waals surface area contributed by atoms with Crippen LogP contribution in [-0.4, -0.2) is 54.3 Å². The highest BCUT2D eigenvalue weighted by Crippen LogP contribution is 2.38. The van der Waals surface area contributed by atoms with Gasteiger partial charge < -0.3 is 15.1 Å². The Morgan fingerprint density at radius 1 is 1.03 bits per heavy atom. The Labute approximate surface area is 197 Å². The molecular formula is C25H35N5O2S. The summed E-state index contributed by atoms with van der Waals surface area (Å²) in [4.78, 5) is 17.6. The Bertz CT molecular complexity index is 1140. The van der Waals surface area contributed by atoms with Crippen LogP contribution in [0.5, 0.6) is 0 Å². The molecule has 7 nitrogen and oxygen atoms in total. The first-order valence-electron chi connectivity index (χ1n) is 11.7. The van der Waals surface area contributed by atoms with Crippen molar-refractivity contribution in [1.29, 1.82) is 0 Å². The van der Waals surface area contributed by atoms with E-state index in [9.17, 15) is 9.00 Å². The minimum atomic E-state index is -3.36. The summed E-state index contributed by atoms with van der Waals surface area (Å²) in [7, 11) is 2.78. The Morgan fingerprint density at radius 2 is 1.70 bits per heavy atom. The van der Waals surface area contributed by atoms with Crippen LogP contribution in [0.25, 0.3) is 0 Å². The van der Waals surface area contributed by atoms with Gasteiger partial charge in [0.25, 0.3) is 0 Å². The fourth-order valence-corrected chi connectivity index (χ4v) is 5.85. The zero-order valence-corrected chi connectivity index (χ0v) is 20.7. The second-order valence-corrected chi connectivity index (χ2v) is 11.3. The van der Waals surface area contributed by atoms with Crippen LogP contribution in [0.15, 0.2) is 39.6 Å². The Morgan fingerprint density at radius 3 is 2.33 bits per heavy atom. The highest BCUT2D eigenvalue weighted by Gasteiger charge is 2.25. The molecule has 0 aliphatic heterocycles. The lowest BCUT2D eigenvalue weighted by Gasteiger charge is -2.19. The number of nitrogens with zero attached hydrogens (tertiary/aromatic N) is 3. The third kappa shape index (κ3) is 5.63. The predicted octanol–water partition coefficient (Wildman–Crippen LogP) is 3.59. The maximum absolute atomic E-state index is 13.2. The molecule has 0 saturated heterocycles. The van der Waals surface area contributed by atoms with Crippen molar-refractivity contribution in [3.63, 3.8) is 0 Å². The summed E-state index contributed by atoms with van der Waals surface area (Å²) in [5.74, 6) is 0. The standard InChI is InChI=1S/C25H35N5O2S/c1-29(2)13-14-30(3)17-18-7-4-10-21(15-18)33(26,32)28-25(31)27-24-22-11-5-8-19(22)16-20-9-6-12-23(20)24/h4,7,10,15-16H,5-6,8-9,11-14,17H2,1-3H3,(H3,26,27,28,31,32). The van der Waals surface area contributed by atoms with E-state index in [0.29, 0.717) is 11.4 Å². The van der Waals surface area contributed by atoms with E-state index >= 15 is 0 Å². The molecule has 4 rings (SSSR count). The van der Waals surface area contributed by atoms with Gasteiger partial charge in [0.2, 0.25) is 0 Å². The molecule has 2 aromatic carbocycles. The Balaban J connectivity index is 1.53. The van der Waals surface area contributed by atoms with Crippen LogP contribution in [0, 0.1) is 0 Å². The lowest BCUT2D eigenvalue weighted by atomic mass is 9.99. The van der Waals surface area contributed by atoms with Crippen molar-refractivity contribution in [3.8, 4) is 0 Å². The van der Waals surface area contributed by atoms with Gasteiger partial charge in [0, 0.05) is 25.3 Å². The number of fused-ring (bicyclic) bond motifs is 2. The van der Waals surface area contributed by atoms with Crippen molar-refractivity contribution in [1.82, 2.24) is 9.80 Å². The van der Waals surface area contributed by atoms with Crippen LogP contribution in [0.3, 0.4) is 0 Å². The number of urea groups is 1. The quantitative estimate of drug-likeness (QED) is 0.648. The van der Waals surface area contributed by atoms with Gasteiger partial charge in [-0.25, -0.2) is 14.1 Å². The second kappa shape index (κ2) is 9.93. The molecule has 1 unspecified atom stereocenters. The molecule has 0 heterocycles. The van der Waals surface area contributed by atoms with Crippen LogP contribution >= 0.6 is 0 Å². The molecule has 8 heteroatoms. The van der Waals surface area contributed by atoms with Gasteiger partial charge in [-0.1, -0.05) is 18.2 Å². The first kappa shape index (κ1) is 23.9. The summed E-state index contributed by atoms with van der Waals surface area (Å²) < 4.78 is 17.2. The highest BCUT2D eigenvalue weighted by atomic mass is 32.2. The van der Waals surface area contributed by atoms with E-state index in [1.165, 1.54) is 22.3 Å². The number of hydrogen-bond donors (Lipinski definition) is 2. The van der Waals surface area contributed by atoms with Crippen molar-refractivity contribution in [2.24, 2.45) is 9.50 Å². The number of nitrogens with one attached hydrogen (secondary N) is 1. The van der Waals surface area contributed by atoms with Crippen molar-refractivity contribution in [3.05, 3.63) is 58.1 Å².